The lowest BCUT2D eigenvalue weighted by molar-refractivity contribution is 0.0674. The van der Waals surface area contributed by atoms with Gasteiger partial charge in [-0.1, -0.05) is 26.0 Å². The first-order chi connectivity index (χ1) is 9.06. The Bertz CT molecular complexity index is 394. The highest BCUT2D eigenvalue weighted by Gasteiger charge is 2.27. The van der Waals surface area contributed by atoms with Crippen molar-refractivity contribution in [1.29, 1.82) is 0 Å². The van der Waals surface area contributed by atoms with Gasteiger partial charge in [-0.05, 0) is 67.6 Å². The molecule has 1 atom stereocenters. The maximum atomic E-state index is 13.1. The molecule has 1 aliphatic rings. The van der Waals surface area contributed by atoms with Gasteiger partial charge in [0.2, 0.25) is 0 Å². The quantitative estimate of drug-likeness (QED) is 0.864. The van der Waals surface area contributed by atoms with Crippen LogP contribution in [0.5, 0.6) is 0 Å². The van der Waals surface area contributed by atoms with E-state index in [1.807, 2.05) is 6.07 Å². The molecular formula is C17H25FO. The first-order valence-electron chi connectivity index (χ1n) is 7.48. The lowest BCUT2D eigenvalue weighted by atomic mass is 9.74. The summed E-state index contributed by atoms with van der Waals surface area (Å²) >= 11 is 0. The summed E-state index contributed by atoms with van der Waals surface area (Å²) in [4.78, 5) is 0. The molecule has 19 heavy (non-hydrogen) atoms. The van der Waals surface area contributed by atoms with E-state index in [4.69, 9.17) is 0 Å². The van der Waals surface area contributed by atoms with E-state index in [9.17, 15) is 9.50 Å². The molecule has 0 radical (unpaired) electrons. The molecule has 1 nitrogen and oxygen atoms in total. The number of aliphatic hydroxyl groups excluding tert-OH is 1. The number of benzene rings is 1. The molecule has 0 spiro atoms. The maximum Gasteiger partial charge on any atom is 0.123 e. The molecule has 1 aromatic rings. The third-order valence-electron chi connectivity index (χ3n) is 4.64. The normalized spacial score (nSPS) is 25.5. The van der Waals surface area contributed by atoms with Crippen molar-refractivity contribution >= 4 is 0 Å². The molecule has 0 saturated heterocycles. The molecule has 1 N–H and O–H groups in total. The van der Waals surface area contributed by atoms with Crippen LogP contribution in [0.25, 0.3) is 0 Å². The van der Waals surface area contributed by atoms with Crippen molar-refractivity contribution in [3.05, 3.63) is 35.6 Å². The molecule has 0 bridgehead atoms. The number of aliphatic hydroxyl groups is 1. The van der Waals surface area contributed by atoms with Gasteiger partial charge in [0.05, 0.1) is 6.10 Å². The smallest absolute Gasteiger partial charge is 0.123 e. The highest BCUT2D eigenvalue weighted by molar-refractivity contribution is 5.17. The summed E-state index contributed by atoms with van der Waals surface area (Å²) in [5.74, 6) is 1.74. The molecule has 1 fully saturated rings. The van der Waals surface area contributed by atoms with Gasteiger partial charge in [-0.25, -0.2) is 4.39 Å². The van der Waals surface area contributed by atoms with Gasteiger partial charge < -0.3 is 5.11 Å². The maximum absolute atomic E-state index is 13.1. The Labute approximate surface area is 115 Å². The number of hydrogen-bond acceptors (Lipinski definition) is 1. The molecule has 2 heteroatoms. The van der Waals surface area contributed by atoms with Crippen LogP contribution in [-0.4, -0.2) is 11.2 Å². The number of halogens is 1. The molecule has 0 heterocycles. The van der Waals surface area contributed by atoms with Crippen molar-refractivity contribution < 1.29 is 9.50 Å². The van der Waals surface area contributed by atoms with Crippen LogP contribution >= 0.6 is 0 Å². The Hall–Kier alpha value is -0.890. The molecule has 0 aromatic heterocycles. The molecule has 2 rings (SSSR count). The van der Waals surface area contributed by atoms with Crippen molar-refractivity contribution in [2.45, 2.75) is 52.1 Å². The highest BCUT2D eigenvalue weighted by atomic mass is 19.1. The van der Waals surface area contributed by atoms with Crippen molar-refractivity contribution in [1.82, 2.24) is 0 Å². The van der Waals surface area contributed by atoms with Gasteiger partial charge in [0.25, 0.3) is 0 Å². The predicted octanol–water partition coefficient (Wildman–Crippen LogP) is 4.19. The van der Waals surface area contributed by atoms with Crippen molar-refractivity contribution in [3.8, 4) is 0 Å². The fourth-order valence-corrected chi connectivity index (χ4v) is 3.27. The zero-order valence-corrected chi connectivity index (χ0v) is 12.0. The molecule has 1 unspecified atom stereocenters. The predicted molar refractivity (Wildman–Crippen MR) is 76.4 cm³/mol. The summed E-state index contributed by atoms with van der Waals surface area (Å²) in [7, 11) is 0. The SMILES string of the molecule is CC(C)C1CCC(C(O)Cc2cccc(F)c2)CC1. The van der Waals surface area contributed by atoms with E-state index in [0.717, 1.165) is 30.2 Å². The fraction of sp³-hybridized carbons (Fsp3) is 0.647. The van der Waals surface area contributed by atoms with E-state index in [2.05, 4.69) is 13.8 Å². The molecule has 1 aliphatic carbocycles. The van der Waals surface area contributed by atoms with Crippen LogP contribution in [0.4, 0.5) is 4.39 Å². The summed E-state index contributed by atoms with van der Waals surface area (Å²) in [6.07, 6.45) is 4.92. The Morgan fingerprint density at radius 2 is 1.79 bits per heavy atom. The summed E-state index contributed by atoms with van der Waals surface area (Å²) in [5.41, 5.74) is 0.901. The van der Waals surface area contributed by atoms with Crippen LogP contribution in [0.15, 0.2) is 24.3 Å². The lowest BCUT2D eigenvalue weighted by Gasteiger charge is -2.33. The van der Waals surface area contributed by atoms with E-state index < -0.39 is 0 Å². The average Bonchev–Trinajstić information content (AvgIpc) is 2.39. The molecule has 1 aromatic carbocycles. The first-order valence-corrected chi connectivity index (χ1v) is 7.48. The largest absolute Gasteiger partial charge is 0.392 e. The first kappa shape index (κ1) is 14.5. The third kappa shape index (κ3) is 4.04. The zero-order chi connectivity index (χ0) is 13.8. The number of rotatable bonds is 4. The summed E-state index contributed by atoms with van der Waals surface area (Å²) in [6, 6.07) is 6.59. The monoisotopic (exact) mass is 264 g/mol. The van der Waals surface area contributed by atoms with E-state index in [1.165, 1.54) is 25.0 Å². The number of hydrogen-bond donors (Lipinski definition) is 1. The van der Waals surface area contributed by atoms with Gasteiger partial charge in [0.1, 0.15) is 5.82 Å². The Balaban J connectivity index is 1.86. The molecular weight excluding hydrogens is 239 g/mol. The van der Waals surface area contributed by atoms with Crippen molar-refractivity contribution in [2.75, 3.05) is 0 Å². The van der Waals surface area contributed by atoms with Crippen LogP contribution in [-0.2, 0) is 6.42 Å². The van der Waals surface area contributed by atoms with Gasteiger partial charge in [-0.15, -0.1) is 0 Å². The fourth-order valence-electron chi connectivity index (χ4n) is 3.27. The van der Waals surface area contributed by atoms with Gasteiger partial charge in [0.15, 0.2) is 0 Å². The van der Waals surface area contributed by atoms with Gasteiger partial charge in [0, 0.05) is 0 Å². The molecule has 0 amide bonds. The summed E-state index contributed by atoms with van der Waals surface area (Å²) in [6.45, 7) is 4.57. The molecule has 106 valence electrons. The van der Waals surface area contributed by atoms with E-state index in [-0.39, 0.29) is 11.9 Å². The summed E-state index contributed by atoms with van der Waals surface area (Å²) < 4.78 is 13.1. The van der Waals surface area contributed by atoms with Crippen LogP contribution in [0.2, 0.25) is 0 Å². The second kappa shape index (κ2) is 6.51. The van der Waals surface area contributed by atoms with Crippen molar-refractivity contribution in [2.24, 2.45) is 17.8 Å². The van der Waals surface area contributed by atoms with Crippen LogP contribution in [0.1, 0.15) is 45.1 Å². The minimum absolute atomic E-state index is 0.215. The van der Waals surface area contributed by atoms with Crippen LogP contribution in [0, 0.1) is 23.6 Å². The second-order valence-electron chi connectivity index (χ2n) is 6.32. The topological polar surface area (TPSA) is 20.2 Å². The Morgan fingerprint density at radius 1 is 1.16 bits per heavy atom. The molecule has 0 aliphatic heterocycles. The second-order valence-corrected chi connectivity index (χ2v) is 6.32. The highest BCUT2D eigenvalue weighted by Crippen LogP contribution is 2.35. The standard InChI is InChI=1S/C17H25FO/c1-12(2)14-6-8-15(9-7-14)17(19)11-13-4-3-5-16(18)10-13/h3-5,10,12,14-15,17,19H,6-9,11H2,1-2H3. The van der Waals surface area contributed by atoms with E-state index in [0.29, 0.717) is 12.3 Å². The van der Waals surface area contributed by atoms with E-state index >= 15 is 0 Å². The minimum atomic E-state index is -0.324. The molecule has 1 saturated carbocycles. The zero-order valence-electron chi connectivity index (χ0n) is 12.0. The van der Waals surface area contributed by atoms with Crippen LogP contribution < -0.4 is 0 Å². The average molecular weight is 264 g/mol. The third-order valence-corrected chi connectivity index (χ3v) is 4.64. The van der Waals surface area contributed by atoms with Gasteiger partial charge >= 0.3 is 0 Å². The minimum Gasteiger partial charge on any atom is -0.392 e. The van der Waals surface area contributed by atoms with Gasteiger partial charge in [-0.3, -0.25) is 0 Å². The Morgan fingerprint density at radius 3 is 2.37 bits per heavy atom. The van der Waals surface area contributed by atoms with Crippen LogP contribution in [0.3, 0.4) is 0 Å². The Kier molecular flexibility index (Phi) is 4.98. The van der Waals surface area contributed by atoms with Crippen molar-refractivity contribution in [3.63, 3.8) is 0 Å². The van der Waals surface area contributed by atoms with E-state index in [1.54, 1.807) is 6.07 Å². The lowest BCUT2D eigenvalue weighted by Crippen LogP contribution is -2.28. The van der Waals surface area contributed by atoms with Gasteiger partial charge in [-0.2, -0.15) is 0 Å². The summed E-state index contributed by atoms with van der Waals surface area (Å²) in [5, 5.41) is 10.3.